The van der Waals surface area contributed by atoms with Crippen LogP contribution in [0.2, 0.25) is 5.02 Å². The fourth-order valence-corrected chi connectivity index (χ4v) is 5.98. The Morgan fingerprint density at radius 3 is 2.30 bits per heavy atom. The monoisotopic (exact) mass is 663 g/mol. The topological polar surface area (TPSA) is 118 Å². The number of nitrogens with one attached hydrogen (secondary N) is 2. The van der Waals surface area contributed by atoms with Crippen molar-refractivity contribution in [3.05, 3.63) is 144 Å². The maximum atomic E-state index is 13.4. The van der Waals surface area contributed by atoms with Crippen LogP contribution in [-0.2, 0) is 14.4 Å². The molecule has 0 unspecified atom stereocenters. The van der Waals surface area contributed by atoms with E-state index in [1.165, 1.54) is 29.0 Å². The summed E-state index contributed by atoms with van der Waals surface area (Å²) in [6, 6.07) is 32.4. The van der Waals surface area contributed by atoms with E-state index in [-0.39, 0.29) is 23.9 Å². The number of thioether (sulfide) groups is 1. The van der Waals surface area contributed by atoms with E-state index >= 15 is 0 Å². The SMILES string of the molecule is O=C(Nc1cccc(S[C@@H]2CC(=O)N(c3ccc(Oc4ccc(Cl)cc4)cc3)C2=O)c1)/C(=C/c1ccco1)NC(=O)c1ccccc1. The average molecular weight is 664 g/mol. The molecule has 0 spiro atoms. The predicted octanol–water partition coefficient (Wildman–Crippen LogP) is 7.56. The first kappa shape index (κ1) is 31.4. The number of rotatable bonds is 10. The Kier molecular flexibility index (Phi) is 9.51. The summed E-state index contributed by atoms with van der Waals surface area (Å²) in [4.78, 5) is 54.3. The maximum absolute atomic E-state index is 13.4. The molecular formula is C36H26ClN3O6S. The van der Waals surface area contributed by atoms with Crippen LogP contribution in [0.5, 0.6) is 11.5 Å². The highest BCUT2D eigenvalue weighted by Crippen LogP contribution is 2.36. The Labute approximate surface area is 279 Å². The van der Waals surface area contributed by atoms with Gasteiger partial charge in [0.2, 0.25) is 11.8 Å². The van der Waals surface area contributed by atoms with Gasteiger partial charge in [0.1, 0.15) is 23.0 Å². The van der Waals surface area contributed by atoms with Crippen molar-refractivity contribution < 1.29 is 28.3 Å². The second kappa shape index (κ2) is 14.2. The molecule has 1 saturated heterocycles. The number of furan rings is 1. The molecule has 9 nitrogen and oxygen atoms in total. The molecule has 4 amide bonds. The van der Waals surface area contributed by atoms with Crippen molar-refractivity contribution >= 4 is 64.4 Å². The van der Waals surface area contributed by atoms with Crippen molar-refractivity contribution in [2.75, 3.05) is 10.2 Å². The van der Waals surface area contributed by atoms with Gasteiger partial charge in [0.05, 0.1) is 17.2 Å². The van der Waals surface area contributed by atoms with E-state index in [2.05, 4.69) is 10.6 Å². The van der Waals surface area contributed by atoms with Crippen LogP contribution >= 0.6 is 23.4 Å². The predicted molar refractivity (Wildman–Crippen MR) is 180 cm³/mol. The highest BCUT2D eigenvalue weighted by Gasteiger charge is 2.40. The third-order valence-corrected chi connectivity index (χ3v) is 8.41. The molecule has 1 aliphatic heterocycles. The third kappa shape index (κ3) is 7.81. The van der Waals surface area contributed by atoms with Crippen LogP contribution in [0.15, 0.2) is 137 Å². The molecule has 1 atom stereocenters. The lowest BCUT2D eigenvalue weighted by atomic mass is 10.2. The Morgan fingerprint density at radius 1 is 0.872 bits per heavy atom. The maximum Gasteiger partial charge on any atom is 0.272 e. The van der Waals surface area contributed by atoms with Gasteiger partial charge in [-0.25, -0.2) is 4.90 Å². The summed E-state index contributed by atoms with van der Waals surface area (Å²) in [5, 5.41) is 5.40. The van der Waals surface area contributed by atoms with Gasteiger partial charge in [-0.15, -0.1) is 11.8 Å². The molecule has 4 aromatic carbocycles. The highest BCUT2D eigenvalue weighted by molar-refractivity contribution is 8.00. The zero-order valence-electron chi connectivity index (χ0n) is 24.6. The molecule has 2 heterocycles. The van der Waals surface area contributed by atoms with Crippen LogP contribution in [0.3, 0.4) is 0 Å². The van der Waals surface area contributed by atoms with Crippen LogP contribution in [0.4, 0.5) is 11.4 Å². The lowest BCUT2D eigenvalue weighted by molar-refractivity contribution is -0.121. The first-order chi connectivity index (χ1) is 22.8. The van der Waals surface area contributed by atoms with E-state index in [9.17, 15) is 19.2 Å². The van der Waals surface area contributed by atoms with Crippen LogP contribution in [0.25, 0.3) is 6.08 Å². The molecule has 0 radical (unpaired) electrons. The Morgan fingerprint density at radius 2 is 1.60 bits per heavy atom. The minimum Gasteiger partial charge on any atom is -0.465 e. The van der Waals surface area contributed by atoms with E-state index in [0.717, 1.165) is 0 Å². The van der Waals surface area contributed by atoms with Gasteiger partial charge < -0.3 is 19.8 Å². The number of ether oxygens (including phenoxy) is 1. The lowest BCUT2D eigenvalue weighted by Gasteiger charge is -2.16. The molecule has 6 rings (SSSR count). The number of carbonyl (C=O) groups excluding carboxylic acids is 4. The number of amides is 4. The second-order valence-corrected chi connectivity index (χ2v) is 12.0. The number of carbonyl (C=O) groups is 4. The zero-order chi connectivity index (χ0) is 32.8. The van der Waals surface area contributed by atoms with Crippen molar-refractivity contribution in [3.63, 3.8) is 0 Å². The van der Waals surface area contributed by atoms with Gasteiger partial charge in [0.25, 0.3) is 11.8 Å². The molecule has 1 fully saturated rings. The minimum absolute atomic E-state index is 0.0185. The molecule has 1 aliphatic rings. The van der Waals surface area contributed by atoms with Gasteiger partial charge >= 0.3 is 0 Å². The van der Waals surface area contributed by atoms with Gasteiger partial charge in [-0.1, -0.05) is 35.9 Å². The summed E-state index contributed by atoms with van der Waals surface area (Å²) in [7, 11) is 0. The van der Waals surface area contributed by atoms with E-state index in [1.54, 1.807) is 115 Å². The number of hydrogen-bond acceptors (Lipinski definition) is 7. The number of imide groups is 1. The first-order valence-electron chi connectivity index (χ1n) is 14.4. The minimum atomic E-state index is -0.655. The summed E-state index contributed by atoms with van der Waals surface area (Å²) < 4.78 is 11.2. The second-order valence-electron chi connectivity index (χ2n) is 10.3. The molecule has 47 heavy (non-hydrogen) atoms. The van der Waals surface area contributed by atoms with Gasteiger partial charge in [-0.2, -0.15) is 0 Å². The average Bonchev–Trinajstić information content (AvgIpc) is 3.69. The molecular weight excluding hydrogens is 638 g/mol. The summed E-state index contributed by atoms with van der Waals surface area (Å²) in [5.41, 5.74) is 1.24. The third-order valence-electron chi connectivity index (χ3n) is 6.98. The zero-order valence-corrected chi connectivity index (χ0v) is 26.2. The standard InChI is InChI=1S/C36H26ClN3O6S/c37-24-11-15-27(16-12-24)46-28-17-13-26(14-18-28)40-33(41)22-32(36(40)44)47-30-10-4-8-25(20-30)38-35(43)31(21-29-9-5-19-45-29)39-34(42)23-6-2-1-3-7-23/h1-21,32H,22H2,(H,38,43)(H,39,42)/b31-21-/t32-/m1/s1. The van der Waals surface area contributed by atoms with E-state index in [1.807, 2.05) is 0 Å². The number of benzene rings is 4. The summed E-state index contributed by atoms with van der Waals surface area (Å²) in [6.07, 6.45) is 2.91. The fraction of sp³-hybridized carbons (Fsp3) is 0.0556. The first-order valence-corrected chi connectivity index (χ1v) is 15.7. The number of halogens is 1. The van der Waals surface area contributed by atoms with Gasteiger partial charge in [0.15, 0.2) is 0 Å². The van der Waals surface area contributed by atoms with Crippen molar-refractivity contribution in [1.29, 1.82) is 0 Å². The molecule has 11 heteroatoms. The Hall–Kier alpha value is -5.58. The van der Waals surface area contributed by atoms with Crippen molar-refractivity contribution in [2.24, 2.45) is 0 Å². The van der Waals surface area contributed by atoms with E-state index in [4.69, 9.17) is 20.8 Å². The summed E-state index contributed by atoms with van der Waals surface area (Å²) in [5.74, 6) is -0.159. The van der Waals surface area contributed by atoms with Crippen LogP contribution < -0.4 is 20.3 Å². The molecule has 0 saturated carbocycles. The lowest BCUT2D eigenvalue weighted by Crippen LogP contribution is -2.31. The quantitative estimate of drug-likeness (QED) is 0.117. The van der Waals surface area contributed by atoms with E-state index in [0.29, 0.717) is 44.1 Å². The number of anilines is 2. The van der Waals surface area contributed by atoms with Gasteiger partial charge in [-0.3, -0.25) is 19.2 Å². The normalized spacial score (nSPS) is 14.6. The number of hydrogen-bond donors (Lipinski definition) is 2. The summed E-state index contributed by atoms with van der Waals surface area (Å²) in [6.45, 7) is 0. The molecule has 5 aromatic rings. The molecule has 0 bridgehead atoms. The molecule has 234 valence electrons. The van der Waals surface area contributed by atoms with Crippen LogP contribution in [0, 0.1) is 0 Å². The number of nitrogens with zero attached hydrogens (tertiary/aromatic N) is 1. The fourth-order valence-electron chi connectivity index (χ4n) is 4.74. The molecule has 1 aromatic heterocycles. The molecule has 0 aliphatic carbocycles. The van der Waals surface area contributed by atoms with Crippen molar-refractivity contribution in [3.8, 4) is 11.5 Å². The van der Waals surface area contributed by atoms with Crippen molar-refractivity contribution in [2.45, 2.75) is 16.6 Å². The van der Waals surface area contributed by atoms with Gasteiger partial charge in [0, 0.05) is 33.7 Å². The summed E-state index contributed by atoms with van der Waals surface area (Å²) >= 11 is 7.16. The van der Waals surface area contributed by atoms with Crippen molar-refractivity contribution in [1.82, 2.24) is 5.32 Å². The van der Waals surface area contributed by atoms with E-state index < -0.39 is 17.1 Å². The highest BCUT2D eigenvalue weighted by atomic mass is 35.5. The smallest absolute Gasteiger partial charge is 0.272 e. The van der Waals surface area contributed by atoms with Crippen LogP contribution in [-0.4, -0.2) is 28.9 Å². The Balaban J connectivity index is 1.11. The molecule has 2 N–H and O–H groups in total. The Bertz CT molecular complexity index is 1950. The van der Waals surface area contributed by atoms with Gasteiger partial charge in [-0.05, 0) is 91.0 Å². The largest absolute Gasteiger partial charge is 0.465 e. The van der Waals surface area contributed by atoms with Crippen LogP contribution in [0.1, 0.15) is 22.5 Å².